The zero-order chi connectivity index (χ0) is 15.9. The highest BCUT2D eigenvalue weighted by molar-refractivity contribution is 7.91. The van der Waals surface area contributed by atoms with E-state index < -0.39 is 22.6 Å². The van der Waals surface area contributed by atoms with Crippen molar-refractivity contribution >= 4 is 21.4 Å². The van der Waals surface area contributed by atoms with Gasteiger partial charge in [0.05, 0.1) is 0 Å². The fourth-order valence-electron chi connectivity index (χ4n) is 1.58. The second-order valence-corrected chi connectivity index (χ2v) is 7.43. The average molecular weight is 344 g/mol. The highest BCUT2D eigenvalue weighted by atomic mass is 32.2. The molecule has 0 aromatic carbocycles. The molecule has 1 rings (SSSR count). The van der Waals surface area contributed by atoms with Gasteiger partial charge in [0.25, 0.3) is 0 Å². The second-order valence-electron chi connectivity index (χ2n) is 4.52. The summed E-state index contributed by atoms with van der Waals surface area (Å²) in [6.45, 7) is 3.34. The summed E-state index contributed by atoms with van der Waals surface area (Å²) < 4.78 is 62.2. The first-order valence-electron chi connectivity index (χ1n) is 6.59. The van der Waals surface area contributed by atoms with Gasteiger partial charge < -0.3 is 5.32 Å². The van der Waals surface area contributed by atoms with E-state index in [2.05, 4.69) is 10.0 Å². The lowest BCUT2D eigenvalue weighted by Gasteiger charge is -2.06. The molecule has 122 valence electrons. The van der Waals surface area contributed by atoms with Gasteiger partial charge in [0, 0.05) is 19.5 Å². The van der Waals surface area contributed by atoms with Gasteiger partial charge in [-0.15, -0.1) is 11.3 Å². The molecule has 0 spiro atoms. The molecule has 0 aliphatic carbocycles. The maximum atomic E-state index is 11.9. The molecule has 21 heavy (non-hydrogen) atoms. The summed E-state index contributed by atoms with van der Waals surface area (Å²) in [5.74, 6) is 0. The molecule has 0 aliphatic rings. The fourth-order valence-corrected chi connectivity index (χ4v) is 3.91. The molecule has 1 aromatic rings. The van der Waals surface area contributed by atoms with Crippen molar-refractivity contribution in [2.24, 2.45) is 0 Å². The van der Waals surface area contributed by atoms with Crippen molar-refractivity contribution in [3.63, 3.8) is 0 Å². The molecule has 0 unspecified atom stereocenters. The number of rotatable bonds is 9. The van der Waals surface area contributed by atoms with E-state index in [0.29, 0.717) is 6.54 Å². The SMILES string of the molecule is CCNCc1csc(S(=O)(=O)NCCCCC(F)(F)F)c1. The van der Waals surface area contributed by atoms with Crippen LogP contribution in [0.4, 0.5) is 13.2 Å². The predicted molar refractivity (Wildman–Crippen MR) is 76.8 cm³/mol. The first-order chi connectivity index (χ1) is 9.74. The van der Waals surface area contributed by atoms with E-state index in [1.807, 2.05) is 6.92 Å². The highest BCUT2D eigenvalue weighted by Crippen LogP contribution is 2.22. The Morgan fingerprint density at radius 1 is 1.29 bits per heavy atom. The van der Waals surface area contributed by atoms with Gasteiger partial charge >= 0.3 is 6.18 Å². The van der Waals surface area contributed by atoms with Crippen LogP contribution >= 0.6 is 11.3 Å². The molecule has 0 amide bonds. The summed E-state index contributed by atoms with van der Waals surface area (Å²) in [6, 6.07) is 1.57. The molecule has 0 bridgehead atoms. The molecule has 4 nitrogen and oxygen atoms in total. The number of hydrogen-bond donors (Lipinski definition) is 2. The lowest BCUT2D eigenvalue weighted by atomic mass is 10.2. The van der Waals surface area contributed by atoms with Crippen LogP contribution < -0.4 is 10.0 Å². The third-order valence-corrected chi connectivity index (χ3v) is 5.60. The molecular formula is C12H19F3N2O2S2. The third kappa shape index (κ3) is 7.25. The zero-order valence-corrected chi connectivity index (χ0v) is 13.3. The van der Waals surface area contributed by atoms with Gasteiger partial charge in [0.15, 0.2) is 0 Å². The molecule has 2 N–H and O–H groups in total. The van der Waals surface area contributed by atoms with Gasteiger partial charge in [-0.2, -0.15) is 13.2 Å². The minimum absolute atomic E-state index is 0.0128. The summed E-state index contributed by atoms with van der Waals surface area (Å²) in [4.78, 5) is 0. The van der Waals surface area contributed by atoms with E-state index in [4.69, 9.17) is 0 Å². The second kappa shape index (κ2) is 8.11. The lowest BCUT2D eigenvalue weighted by Crippen LogP contribution is -2.24. The van der Waals surface area contributed by atoms with Crippen molar-refractivity contribution in [1.82, 2.24) is 10.0 Å². The number of alkyl halides is 3. The van der Waals surface area contributed by atoms with Crippen molar-refractivity contribution in [3.05, 3.63) is 17.0 Å². The highest BCUT2D eigenvalue weighted by Gasteiger charge is 2.26. The van der Waals surface area contributed by atoms with E-state index in [9.17, 15) is 21.6 Å². The molecule has 0 aliphatic heterocycles. The van der Waals surface area contributed by atoms with E-state index in [1.54, 1.807) is 11.4 Å². The Labute approximate surface area is 126 Å². The first-order valence-corrected chi connectivity index (χ1v) is 8.95. The Hall–Kier alpha value is -0.640. The Bertz CT molecular complexity index is 527. The van der Waals surface area contributed by atoms with Crippen LogP contribution in [0.3, 0.4) is 0 Å². The minimum Gasteiger partial charge on any atom is -0.313 e. The Morgan fingerprint density at radius 3 is 2.62 bits per heavy atom. The smallest absolute Gasteiger partial charge is 0.313 e. The quantitative estimate of drug-likeness (QED) is 0.677. The fraction of sp³-hybridized carbons (Fsp3) is 0.667. The van der Waals surface area contributed by atoms with Crippen molar-refractivity contribution in [2.45, 2.75) is 43.1 Å². The Kier molecular flexibility index (Phi) is 7.11. The van der Waals surface area contributed by atoms with Gasteiger partial charge in [-0.3, -0.25) is 0 Å². The molecule has 0 atom stereocenters. The molecule has 0 fully saturated rings. The molecule has 0 radical (unpaired) electrons. The standard InChI is InChI=1S/C12H19F3N2O2S2/c1-2-16-8-10-7-11(20-9-10)21(18,19)17-6-4-3-5-12(13,14)15/h7,9,16-17H,2-6,8H2,1H3. The van der Waals surface area contributed by atoms with Crippen LogP contribution in [0, 0.1) is 0 Å². The number of thiophene rings is 1. The summed E-state index contributed by atoms with van der Waals surface area (Å²) in [5, 5.41) is 4.84. The van der Waals surface area contributed by atoms with Crippen LogP contribution in [-0.2, 0) is 16.6 Å². The van der Waals surface area contributed by atoms with Gasteiger partial charge in [-0.25, -0.2) is 13.1 Å². The average Bonchev–Trinajstić information content (AvgIpc) is 2.84. The van der Waals surface area contributed by atoms with E-state index >= 15 is 0 Å². The van der Waals surface area contributed by atoms with Gasteiger partial charge in [-0.05, 0) is 36.4 Å². The van der Waals surface area contributed by atoms with E-state index in [-0.39, 0.29) is 23.6 Å². The largest absolute Gasteiger partial charge is 0.389 e. The molecule has 1 heterocycles. The van der Waals surface area contributed by atoms with Crippen LogP contribution in [0.2, 0.25) is 0 Å². The monoisotopic (exact) mass is 344 g/mol. The van der Waals surface area contributed by atoms with Gasteiger partial charge in [-0.1, -0.05) is 6.92 Å². The Morgan fingerprint density at radius 2 is 2.00 bits per heavy atom. The summed E-state index contributed by atoms with van der Waals surface area (Å²) in [5.41, 5.74) is 0.874. The lowest BCUT2D eigenvalue weighted by molar-refractivity contribution is -0.135. The van der Waals surface area contributed by atoms with Crippen molar-refractivity contribution in [3.8, 4) is 0 Å². The summed E-state index contributed by atoms with van der Waals surface area (Å²) in [7, 11) is -3.62. The first kappa shape index (κ1) is 18.4. The number of nitrogens with one attached hydrogen (secondary N) is 2. The number of sulfonamides is 1. The van der Waals surface area contributed by atoms with E-state index in [1.165, 1.54) is 0 Å². The van der Waals surface area contributed by atoms with Crippen LogP contribution in [0.1, 0.15) is 31.7 Å². The third-order valence-electron chi connectivity index (χ3n) is 2.65. The van der Waals surface area contributed by atoms with Crippen molar-refractivity contribution < 1.29 is 21.6 Å². The van der Waals surface area contributed by atoms with Gasteiger partial charge in [0.2, 0.25) is 10.0 Å². The number of unbranched alkanes of at least 4 members (excludes halogenated alkanes) is 1. The topological polar surface area (TPSA) is 58.2 Å². The molecule has 9 heteroatoms. The molecule has 0 saturated heterocycles. The van der Waals surface area contributed by atoms with Gasteiger partial charge in [0.1, 0.15) is 4.21 Å². The van der Waals surface area contributed by atoms with Crippen LogP contribution in [-0.4, -0.2) is 27.7 Å². The maximum Gasteiger partial charge on any atom is 0.389 e. The normalized spacial score (nSPS) is 12.8. The Balaban J connectivity index is 2.41. The zero-order valence-electron chi connectivity index (χ0n) is 11.7. The van der Waals surface area contributed by atoms with E-state index in [0.717, 1.165) is 23.4 Å². The van der Waals surface area contributed by atoms with Crippen LogP contribution in [0.5, 0.6) is 0 Å². The molecule has 1 aromatic heterocycles. The predicted octanol–water partition coefficient (Wildman–Crippen LogP) is 2.87. The van der Waals surface area contributed by atoms with Crippen LogP contribution in [0.25, 0.3) is 0 Å². The minimum atomic E-state index is -4.19. The maximum absolute atomic E-state index is 11.9. The van der Waals surface area contributed by atoms with Crippen LogP contribution in [0.15, 0.2) is 15.7 Å². The van der Waals surface area contributed by atoms with Crippen molar-refractivity contribution in [2.75, 3.05) is 13.1 Å². The summed E-state index contributed by atoms with van der Waals surface area (Å²) in [6.07, 6.45) is -5.00. The molecular weight excluding hydrogens is 325 g/mol. The number of hydrogen-bond acceptors (Lipinski definition) is 4. The molecule has 0 saturated carbocycles. The summed E-state index contributed by atoms with van der Waals surface area (Å²) >= 11 is 1.10. The number of halogens is 3. The van der Waals surface area contributed by atoms with Crippen molar-refractivity contribution in [1.29, 1.82) is 0 Å².